The molecule has 1 aromatic heterocycles. The molecule has 3 N–H and O–H groups in total. The van der Waals surface area contributed by atoms with E-state index in [1.807, 2.05) is 11.1 Å². The number of aliphatic hydroxyl groups is 2. The second kappa shape index (κ2) is 6.84. The van der Waals surface area contributed by atoms with E-state index in [-0.39, 0.29) is 6.42 Å². The van der Waals surface area contributed by atoms with Crippen molar-refractivity contribution in [3.63, 3.8) is 0 Å². The van der Waals surface area contributed by atoms with Gasteiger partial charge in [0.1, 0.15) is 6.10 Å². The van der Waals surface area contributed by atoms with Crippen molar-refractivity contribution in [2.75, 3.05) is 6.61 Å². The minimum absolute atomic E-state index is 0.171. The Bertz CT molecular complexity index is 556. The first-order valence-corrected chi connectivity index (χ1v) is 5.62. The number of rotatable bonds is 6. The summed E-state index contributed by atoms with van der Waals surface area (Å²) in [5, 5.41) is 27.2. The van der Waals surface area contributed by atoms with E-state index >= 15 is 0 Å². The van der Waals surface area contributed by atoms with E-state index in [0.717, 1.165) is 10.6 Å². The van der Waals surface area contributed by atoms with Gasteiger partial charge in [-0.1, -0.05) is 0 Å². The number of aliphatic hydroxyl groups excluding tert-OH is 2. The fraction of sp³-hybridized carbons (Fsp3) is 0.545. The summed E-state index contributed by atoms with van der Waals surface area (Å²) in [6, 6.07) is 2.95. The monoisotopic (exact) mass is 269 g/mol. The number of ether oxygens (including phenoxy) is 1. The van der Waals surface area contributed by atoms with Crippen molar-refractivity contribution < 1.29 is 14.9 Å². The van der Waals surface area contributed by atoms with Gasteiger partial charge in [0.25, 0.3) is 5.56 Å². The molecule has 0 radical (unpaired) electrons. The molecule has 8 heteroatoms. The zero-order valence-electron chi connectivity index (χ0n) is 10.3. The minimum Gasteiger partial charge on any atom is -0.394 e. The summed E-state index contributed by atoms with van der Waals surface area (Å²) >= 11 is 0. The highest BCUT2D eigenvalue weighted by atomic mass is 16.5. The van der Waals surface area contributed by atoms with Crippen LogP contribution in [0.1, 0.15) is 19.6 Å². The Morgan fingerprint density at radius 3 is 2.74 bits per heavy atom. The molecular formula is C11H15N3O5. The molecule has 0 aromatic carbocycles. The van der Waals surface area contributed by atoms with Gasteiger partial charge in [0.2, 0.25) is 0 Å². The highest BCUT2D eigenvalue weighted by Crippen LogP contribution is 2.14. The van der Waals surface area contributed by atoms with E-state index in [1.54, 1.807) is 0 Å². The average molecular weight is 269 g/mol. The Kier molecular flexibility index (Phi) is 5.44. The van der Waals surface area contributed by atoms with Gasteiger partial charge in [-0.3, -0.25) is 14.3 Å². The van der Waals surface area contributed by atoms with E-state index in [1.165, 1.54) is 13.1 Å². The molecule has 0 saturated carbocycles. The highest BCUT2D eigenvalue weighted by molar-refractivity contribution is 4.87. The predicted octanol–water partition coefficient (Wildman–Crippen LogP) is -1.29. The molecule has 19 heavy (non-hydrogen) atoms. The number of H-pyrrole nitrogens is 1. The van der Waals surface area contributed by atoms with Gasteiger partial charge in [0.15, 0.2) is 6.23 Å². The number of nitriles is 1. The maximum absolute atomic E-state index is 11.6. The van der Waals surface area contributed by atoms with E-state index in [2.05, 4.69) is 0 Å². The zero-order chi connectivity index (χ0) is 14.4. The standard InChI is InChI=1S/C11H15N3O5/c1-7(16)8(6-15)19-10(2-4-12)14-5-3-9(17)13-11(14)18/h3,5,7-8,10,15-16H,2,6H2,1H3,(H,13,17,18)/t7-,8+,10+/m0/s1. The van der Waals surface area contributed by atoms with E-state index in [9.17, 15) is 14.7 Å². The Labute approximate surface area is 108 Å². The third-order valence-electron chi connectivity index (χ3n) is 2.48. The van der Waals surface area contributed by atoms with Crippen molar-refractivity contribution in [1.29, 1.82) is 5.26 Å². The van der Waals surface area contributed by atoms with Crippen LogP contribution in [0.4, 0.5) is 0 Å². The Hall–Kier alpha value is -1.95. The average Bonchev–Trinajstić information content (AvgIpc) is 2.34. The summed E-state index contributed by atoms with van der Waals surface area (Å²) in [6.07, 6.45) is -1.88. The number of nitrogens with zero attached hydrogens (tertiary/aromatic N) is 2. The summed E-state index contributed by atoms with van der Waals surface area (Å²) in [4.78, 5) is 24.6. The highest BCUT2D eigenvalue weighted by Gasteiger charge is 2.22. The van der Waals surface area contributed by atoms with Crippen LogP contribution in [0.2, 0.25) is 0 Å². The number of hydrogen-bond acceptors (Lipinski definition) is 6. The van der Waals surface area contributed by atoms with Gasteiger partial charge in [-0.2, -0.15) is 5.26 Å². The van der Waals surface area contributed by atoms with Crippen molar-refractivity contribution in [1.82, 2.24) is 9.55 Å². The van der Waals surface area contributed by atoms with Crippen LogP contribution in [0, 0.1) is 11.3 Å². The van der Waals surface area contributed by atoms with Gasteiger partial charge < -0.3 is 14.9 Å². The van der Waals surface area contributed by atoms with Gasteiger partial charge in [0.05, 0.1) is 25.2 Å². The number of aromatic nitrogens is 2. The summed E-state index contributed by atoms with van der Waals surface area (Å²) in [5.41, 5.74) is -1.29. The smallest absolute Gasteiger partial charge is 0.330 e. The van der Waals surface area contributed by atoms with Gasteiger partial charge in [-0.15, -0.1) is 0 Å². The quantitative estimate of drug-likeness (QED) is 0.589. The van der Waals surface area contributed by atoms with Crippen LogP contribution in [-0.2, 0) is 4.74 Å². The third kappa shape index (κ3) is 4.03. The zero-order valence-corrected chi connectivity index (χ0v) is 10.3. The van der Waals surface area contributed by atoms with Gasteiger partial charge in [-0.05, 0) is 6.92 Å². The Morgan fingerprint density at radius 2 is 2.26 bits per heavy atom. The second-order valence-corrected chi connectivity index (χ2v) is 3.93. The SMILES string of the molecule is C[C@H](O)[C@@H](CO)O[C@H](CC#N)n1ccc(=O)[nH]c1=O. The lowest BCUT2D eigenvalue weighted by molar-refractivity contribution is -0.118. The molecule has 3 atom stereocenters. The maximum Gasteiger partial charge on any atom is 0.330 e. The molecule has 0 aliphatic carbocycles. The Balaban J connectivity index is 3.04. The number of aromatic amines is 1. The first-order chi connectivity index (χ1) is 8.99. The molecule has 0 aliphatic heterocycles. The lowest BCUT2D eigenvalue weighted by atomic mass is 10.2. The van der Waals surface area contributed by atoms with Crippen LogP contribution in [0.15, 0.2) is 21.9 Å². The second-order valence-electron chi connectivity index (χ2n) is 3.93. The molecule has 0 spiro atoms. The van der Waals surface area contributed by atoms with Crippen LogP contribution in [0.5, 0.6) is 0 Å². The van der Waals surface area contributed by atoms with Crippen molar-refractivity contribution in [2.45, 2.75) is 31.8 Å². The molecular weight excluding hydrogens is 254 g/mol. The predicted molar refractivity (Wildman–Crippen MR) is 64.2 cm³/mol. The van der Waals surface area contributed by atoms with Crippen LogP contribution >= 0.6 is 0 Å². The lowest BCUT2D eigenvalue weighted by Crippen LogP contribution is -2.38. The number of hydrogen-bond donors (Lipinski definition) is 3. The molecule has 104 valence electrons. The molecule has 1 heterocycles. The van der Waals surface area contributed by atoms with Crippen molar-refractivity contribution in [3.05, 3.63) is 33.1 Å². The van der Waals surface area contributed by atoms with E-state index < -0.39 is 36.3 Å². The van der Waals surface area contributed by atoms with Crippen LogP contribution in [0.3, 0.4) is 0 Å². The summed E-state index contributed by atoms with van der Waals surface area (Å²) in [5.74, 6) is 0. The van der Waals surface area contributed by atoms with Gasteiger partial charge >= 0.3 is 5.69 Å². The van der Waals surface area contributed by atoms with Gasteiger partial charge in [0, 0.05) is 12.3 Å². The van der Waals surface area contributed by atoms with E-state index in [0.29, 0.717) is 0 Å². The molecule has 1 rings (SSSR count). The summed E-state index contributed by atoms with van der Waals surface area (Å²) in [6.45, 7) is 0.956. The van der Waals surface area contributed by atoms with Crippen LogP contribution in [0.25, 0.3) is 0 Å². The molecule has 0 amide bonds. The molecule has 0 saturated heterocycles. The lowest BCUT2D eigenvalue weighted by Gasteiger charge is -2.25. The van der Waals surface area contributed by atoms with Crippen LogP contribution in [-0.4, -0.2) is 38.6 Å². The fourth-order valence-electron chi connectivity index (χ4n) is 1.46. The molecule has 8 nitrogen and oxygen atoms in total. The maximum atomic E-state index is 11.6. The Morgan fingerprint density at radius 1 is 1.58 bits per heavy atom. The summed E-state index contributed by atoms with van der Waals surface area (Å²) in [7, 11) is 0. The normalized spacial score (nSPS) is 15.5. The van der Waals surface area contributed by atoms with Gasteiger partial charge in [-0.25, -0.2) is 4.79 Å². The fourth-order valence-corrected chi connectivity index (χ4v) is 1.46. The molecule has 0 aliphatic rings. The van der Waals surface area contributed by atoms with Crippen molar-refractivity contribution >= 4 is 0 Å². The topological polar surface area (TPSA) is 128 Å². The van der Waals surface area contributed by atoms with Crippen molar-refractivity contribution in [3.8, 4) is 6.07 Å². The first kappa shape index (κ1) is 15.1. The molecule has 0 unspecified atom stereocenters. The van der Waals surface area contributed by atoms with Crippen LogP contribution < -0.4 is 11.2 Å². The van der Waals surface area contributed by atoms with Crippen molar-refractivity contribution in [2.24, 2.45) is 0 Å². The molecule has 1 aromatic rings. The third-order valence-corrected chi connectivity index (χ3v) is 2.48. The number of nitrogens with one attached hydrogen (secondary N) is 1. The molecule has 0 fully saturated rings. The van der Waals surface area contributed by atoms with E-state index in [4.69, 9.17) is 15.1 Å². The minimum atomic E-state index is -0.999. The largest absolute Gasteiger partial charge is 0.394 e. The first-order valence-electron chi connectivity index (χ1n) is 5.62. The summed E-state index contributed by atoms with van der Waals surface area (Å²) < 4.78 is 6.35. The molecule has 0 bridgehead atoms.